The van der Waals surface area contributed by atoms with Gasteiger partial charge in [0.15, 0.2) is 0 Å². The predicted octanol–water partition coefficient (Wildman–Crippen LogP) is 1.51. The van der Waals surface area contributed by atoms with E-state index in [4.69, 9.17) is 9.47 Å². The number of ether oxygens (including phenoxy) is 2. The molecule has 0 radical (unpaired) electrons. The van der Waals surface area contributed by atoms with E-state index < -0.39 is 0 Å². The Kier molecular flexibility index (Phi) is 5.00. The Morgan fingerprint density at radius 3 is 2.65 bits per heavy atom. The molecule has 1 fully saturated rings. The molecular weight excluding hydrogens is 294 g/mol. The molecule has 0 amide bonds. The molecule has 0 spiro atoms. The number of rotatable bonds is 6. The monoisotopic (exact) mass is 317 g/mol. The van der Waals surface area contributed by atoms with Crippen LogP contribution in [0.4, 0.5) is 0 Å². The third-order valence-electron chi connectivity index (χ3n) is 4.57. The van der Waals surface area contributed by atoms with Gasteiger partial charge in [-0.15, -0.1) is 5.10 Å². The zero-order valence-electron chi connectivity index (χ0n) is 13.6. The van der Waals surface area contributed by atoms with E-state index in [1.165, 1.54) is 5.56 Å². The average molecular weight is 317 g/mol. The molecule has 7 heteroatoms. The summed E-state index contributed by atoms with van der Waals surface area (Å²) in [4.78, 5) is 0. The van der Waals surface area contributed by atoms with Crippen LogP contribution in [0.3, 0.4) is 0 Å². The molecular formula is C16H23N5O2. The number of hydrogen-bond donors (Lipinski definition) is 1. The normalized spacial score (nSPS) is 18.7. The quantitative estimate of drug-likeness (QED) is 0.870. The standard InChI is InChI=1S/C16H23N5O2/c1-13(17-11-16(22-2)7-9-23-10-8-16)14-3-5-15(6-4-14)21-12-18-19-20-21/h3-6,12-13,17H,7-11H2,1-2H3/t13-/m0/s1. The molecule has 1 aromatic carbocycles. The summed E-state index contributed by atoms with van der Waals surface area (Å²) in [5.74, 6) is 0. The summed E-state index contributed by atoms with van der Waals surface area (Å²) in [6.07, 6.45) is 3.45. The van der Waals surface area contributed by atoms with Crippen molar-refractivity contribution in [2.45, 2.75) is 31.4 Å². The van der Waals surface area contributed by atoms with Gasteiger partial charge in [-0.25, -0.2) is 4.68 Å². The second-order valence-electron chi connectivity index (χ2n) is 5.95. The fraction of sp³-hybridized carbons (Fsp3) is 0.562. The van der Waals surface area contributed by atoms with Crippen LogP contribution < -0.4 is 5.32 Å². The molecule has 1 atom stereocenters. The van der Waals surface area contributed by atoms with Crippen LogP contribution in [-0.2, 0) is 9.47 Å². The summed E-state index contributed by atoms with van der Waals surface area (Å²) in [6, 6.07) is 8.47. The first-order chi connectivity index (χ1) is 11.2. The summed E-state index contributed by atoms with van der Waals surface area (Å²) < 4.78 is 12.8. The van der Waals surface area contributed by atoms with Crippen LogP contribution in [0.2, 0.25) is 0 Å². The Balaban J connectivity index is 1.60. The third-order valence-corrected chi connectivity index (χ3v) is 4.57. The lowest BCUT2D eigenvalue weighted by Gasteiger charge is -2.37. The first-order valence-corrected chi connectivity index (χ1v) is 7.92. The van der Waals surface area contributed by atoms with E-state index in [2.05, 4.69) is 39.9 Å². The summed E-state index contributed by atoms with van der Waals surface area (Å²) in [7, 11) is 1.79. The molecule has 2 aromatic rings. The average Bonchev–Trinajstić information content (AvgIpc) is 3.15. The van der Waals surface area contributed by atoms with Crippen molar-refractivity contribution < 1.29 is 9.47 Å². The molecule has 1 saturated heterocycles. The van der Waals surface area contributed by atoms with E-state index in [1.54, 1.807) is 18.1 Å². The maximum atomic E-state index is 5.77. The minimum atomic E-state index is -0.112. The van der Waals surface area contributed by atoms with Gasteiger partial charge in [0, 0.05) is 45.8 Å². The molecule has 0 aliphatic carbocycles. The van der Waals surface area contributed by atoms with Crippen molar-refractivity contribution >= 4 is 0 Å². The topological polar surface area (TPSA) is 74.1 Å². The highest BCUT2D eigenvalue weighted by molar-refractivity contribution is 5.34. The highest BCUT2D eigenvalue weighted by atomic mass is 16.5. The van der Waals surface area contributed by atoms with Gasteiger partial charge in [0.05, 0.1) is 11.3 Å². The second kappa shape index (κ2) is 7.16. The van der Waals surface area contributed by atoms with E-state index in [0.717, 1.165) is 38.3 Å². The molecule has 0 saturated carbocycles. The van der Waals surface area contributed by atoms with Gasteiger partial charge in [-0.3, -0.25) is 0 Å². The van der Waals surface area contributed by atoms with Crippen molar-refractivity contribution in [2.75, 3.05) is 26.9 Å². The molecule has 1 aromatic heterocycles. The first kappa shape index (κ1) is 16.0. The number of methoxy groups -OCH3 is 1. The zero-order chi connectivity index (χ0) is 16.1. The van der Waals surface area contributed by atoms with Gasteiger partial charge in [0.2, 0.25) is 0 Å². The number of nitrogens with zero attached hydrogens (tertiary/aromatic N) is 4. The molecule has 23 heavy (non-hydrogen) atoms. The second-order valence-corrected chi connectivity index (χ2v) is 5.95. The number of benzene rings is 1. The minimum Gasteiger partial charge on any atom is -0.381 e. The maximum absolute atomic E-state index is 5.77. The van der Waals surface area contributed by atoms with E-state index in [9.17, 15) is 0 Å². The van der Waals surface area contributed by atoms with Crippen LogP contribution in [0.15, 0.2) is 30.6 Å². The minimum absolute atomic E-state index is 0.112. The fourth-order valence-electron chi connectivity index (χ4n) is 2.85. The lowest BCUT2D eigenvalue weighted by Crippen LogP contribution is -2.47. The third kappa shape index (κ3) is 3.74. The Bertz CT molecular complexity index is 593. The van der Waals surface area contributed by atoms with E-state index in [1.807, 2.05) is 12.1 Å². The van der Waals surface area contributed by atoms with Crippen LogP contribution in [-0.4, -0.2) is 52.7 Å². The Morgan fingerprint density at radius 2 is 2.04 bits per heavy atom. The SMILES string of the molecule is COC1(CN[C@@H](C)c2ccc(-n3cnnn3)cc2)CCOCC1. The zero-order valence-corrected chi connectivity index (χ0v) is 13.6. The lowest BCUT2D eigenvalue weighted by molar-refractivity contribution is -0.0885. The highest BCUT2D eigenvalue weighted by Crippen LogP contribution is 2.25. The summed E-state index contributed by atoms with van der Waals surface area (Å²) in [5, 5.41) is 14.8. The number of tetrazole rings is 1. The van der Waals surface area contributed by atoms with Crippen molar-refractivity contribution in [3.63, 3.8) is 0 Å². The van der Waals surface area contributed by atoms with Crippen LogP contribution >= 0.6 is 0 Å². The smallest absolute Gasteiger partial charge is 0.143 e. The fourth-order valence-corrected chi connectivity index (χ4v) is 2.85. The molecule has 124 valence electrons. The molecule has 2 heterocycles. The van der Waals surface area contributed by atoms with Gasteiger partial charge < -0.3 is 14.8 Å². The van der Waals surface area contributed by atoms with Gasteiger partial charge >= 0.3 is 0 Å². The number of nitrogens with one attached hydrogen (secondary N) is 1. The summed E-state index contributed by atoms with van der Waals surface area (Å²) >= 11 is 0. The highest BCUT2D eigenvalue weighted by Gasteiger charge is 2.32. The van der Waals surface area contributed by atoms with Gasteiger partial charge in [-0.1, -0.05) is 12.1 Å². The van der Waals surface area contributed by atoms with Crippen molar-refractivity contribution in [2.24, 2.45) is 0 Å². The molecule has 1 aliphatic heterocycles. The van der Waals surface area contributed by atoms with Gasteiger partial charge in [-0.2, -0.15) is 0 Å². The number of aromatic nitrogens is 4. The van der Waals surface area contributed by atoms with Crippen LogP contribution in [0, 0.1) is 0 Å². The summed E-state index contributed by atoms with van der Waals surface area (Å²) in [5.41, 5.74) is 2.06. The van der Waals surface area contributed by atoms with Crippen molar-refractivity contribution in [1.29, 1.82) is 0 Å². The van der Waals surface area contributed by atoms with Gasteiger partial charge in [-0.05, 0) is 35.0 Å². The Hall–Kier alpha value is -1.83. The van der Waals surface area contributed by atoms with Crippen molar-refractivity contribution in [3.8, 4) is 5.69 Å². The van der Waals surface area contributed by atoms with E-state index in [0.29, 0.717) is 0 Å². The van der Waals surface area contributed by atoms with Crippen molar-refractivity contribution in [3.05, 3.63) is 36.2 Å². The molecule has 0 bridgehead atoms. The number of hydrogen-bond acceptors (Lipinski definition) is 6. The Labute approximate surface area is 136 Å². The predicted molar refractivity (Wildman–Crippen MR) is 85.4 cm³/mol. The Morgan fingerprint density at radius 1 is 1.30 bits per heavy atom. The van der Waals surface area contributed by atoms with Crippen molar-refractivity contribution in [1.82, 2.24) is 25.5 Å². The maximum Gasteiger partial charge on any atom is 0.143 e. The van der Waals surface area contributed by atoms with Crippen LogP contribution in [0.1, 0.15) is 31.4 Å². The van der Waals surface area contributed by atoms with E-state index in [-0.39, 0.29) is 11.6 Å². The molecule has 1 aliphatic rings. The van der Waals surface area contributed by atoms with Gasteiger partial charge in [0.25, 0.3) is 0 Å². The van der Waals surface area contributed by atoms with Crippen LogP contribution in [0.25, 0.3) is 5.69 Å². The molecule has 3 rings (SSSR count). The molecule has 7 nitrogen and oxygen atoms in total. The molecule has 1 N–H and O–H groups in total. The van der Waals surface area contributed by atoms with Gasteiger partial charge in [0.1, 0.15) is 6.33 Å². The summed E-state index contributed by atoms with van der Waals surface area (Å²) in [6.45, 7) is 4.52. The lowest BCUT2D eigenvalue weighted by atomic mass is 9.93. The largest absolute Gasteiger partial charge is 0.381 e. The van der Waals surface area contributed by atoms with Crippen LogP contribution in [0.5, 0.6) is 0 Å². The first-order valence-electron chi connectivity index (χ1n) is 7.92. The van der Waals surface area contributed by atoms with E-state index >= 15 is 0 Å². The molecule has 0 unspecified atom stereocenters.